The summed E-state index contributed by atoms with van der Waals surface area (Å²) >= 11 is 0. The molecule has 0 radical (unpaired) electrons. The Bertz CT molecular complexity index is 471. The lowest BCUT2D eigenvalue weighted by molar-refractivity contribution is -0.128. The molecule has 1 aromatic heterocycles. The fraction of sp³-hybridized carbons (Fsp3) is 0.462. The van der Waals surface area contributed by atoms with Gasteiger partial charge in [0.25, 0.3) is 5.91 Å². The van der Waals surface area contributed by atoms with E-state index >= 15 is 0 Å². The Labute approximate surface area is 113 Å². The molecule has 0 fully saturated rings. The highest BCUT2D eigenvalue weighted by molar-refractivity contribution is 5.92. The second-order valence-corrected chi connectivity index (χ2v) is 4.83. The molecule has 1 aromatic rings. The first-order valence-electron chi connectivity index (χ1n) is 6.05. The summed E-state index contributed by atoms with van der Waals surface area (Å²) in [7, 11) is 3.17. The third-order valence-electron chi connectivity index (χ3n) is 2.80. The first-order valence-corrected chi connectivity index (χ1v) is 6.05. The molecule has 6 heteroatoms. The van der Waals surface area contributed by atoms with Gasteiger partial charge in [0, 0.05) is 32.5 Å². The van der Waals surface area contributed by atoms with Crippen LogP contribution in [0.2, 0.25) is 0 Å². The third-order valence-corrected chi connectivity index (χ3v) is 2.80. The highest BCUT2D eigenvalue weighted by atomic mass is 16.2. The maximum atomic E-state index is 11.6. The van der Waals surface area contributed by atoms with Gasteiger partial charge in [-0.05, 0) is 26.0 Å². The van der Waals surface area contributed by atoms with Crippen molar-refractivity contribution in [2.45, 2.75) is 13.8 Å². The van der Waals surface area contributed by atoms with Gasteiger partial charge in [-0.25, -0.2) is 0 Å². The molecule has 0 bridgehead atoms. The molecule has 0 unspecified atom stereocenters. The van der Waals surface area contributed by atoms with Crippen molar-refractivity contribution in [3.8, 4) is 0 Å². The summed E-state index contributed by atoms with van der Waals surface area (Å²) in [5, 5.41) is 8.28. The van der Waals surface area contributed by atoms with Gasteiger partial charge in [-0.1, -0.05) is 0 Å². The molecule has 0 aliphatic heterocycles. The van der Waals surface area contributed by atoms with Crippen molar-refractivity contribution < 1.29 is 9.59 Å². The summed E-state index contributed by atoms with van der Waals surface area (Å²) in [6.07, 6.45) is 1.56. The number of carbonyl (C=O) groups is 2. The van der Waals surface area contributed by atoms with Crippen LogP contribution in [-0.2, 0) is 4.79 Å². The van der Waals surface area contributed by atoms with Crippen molar-refractivity contribution in [1.82, 2.24) is 15.6 Å². The Hall–Kier alpha value is -2.11. The second kappa shape index (κ2) is 6.17. The molecule has 2 amide bonds. The number of anilines is 1. The van der Waals surface area contributed by atoms with Crippen molar-refractivity contribution in [1.29, 1.82) is 0 Å². The average molecular weight is 264 g/mol. The predicted molar refractivity (Wildman–Crippen MR) is 74.0 cm³/mol. The Morgan fingerprint density at radius 2 is 1.95 bits per heavy atom. The quantitative estimate of drug-likeness (QED) is 0.728. The lowest BCUT2D eigenvalue weighted by Gasteiger charge is -2.23. The molecule has 0 saturated carbocycles. The monoisotopic (exact) mass is 264 g/mol. The lowest BCUT2D eigenvalue weighted by Crippen LogP contribution is -2.39. The number of nitrogens with zero attached hydrogens (tertiary/aromatic N) is 1. The molecule has 0 atom stereocenters. The largest absolute Gasteiger partial charge is 0.384 e. The van der Waals surface area contributed by atoms with Crippen LogP contribution in [0.5, 0.6) is 0 Å². The SMILES string of the molecule is CNC(=O)c1cc(NCC(C)(C)C(=O)NC)ccn1. The van der Waals surface area contributed by atoms with Gasteiger partial charge in [-0.15, -0.1) is 0 Å². The van der Waals surface area contributed by atoms with E-state index in [1.807, 2.05) is 13.8 Å². The van der Waals surface area contributed by atoms with Gasteiger partial charge in [0.15, 0.2) is 0 Å². The van der Waals surface area contributed by atoms with Crippen molar-refractivity contribution >= 4 is 17.5 Å². The van der Waals surface area contributed by atoms with E-state index < -0.39 is 5.41 Å². The van der Waals surface area contributed by atoms with Gasteiger partial charge >= 0.3 is 0 Å². The Morgan fingerprint density at radius 1 is 1.26 bits per heavy atom. The minimum absolute atomic E-state index is 0.0411. The average Bonchev–Trinajstić information content (AvgIpc) is 2.43. The molecule has 0 aromatic carbocycles. The van der Waals surface area contributed by atoms with E-state index in [4.69, 9.17) is 0 Å². The van der Waals surface area contributed by atoms with Crippen LogP contribution in [0.1, 0.15) is 24.3 Å². The van der Waals surface area contributed by atoms with Crippen molar-refractivity contribution in [3.63, 3.8) is 0 Å². The summed E-state index contributed by atoms with van der Waals surface area (Å²) in [6.45, 7) is 4.16. The standard InChI is InChI=1S/C13H20N4O2/c1-13(2,12(19)15-4)8-17-9-5-6-16-10(7-9)11(18)14-3/h5-7H,8H2,1-4H3,(H,14,18)(H,15,19)(H,16,17). The van der Waals surface area contributed by atoms with Gasteiger partial charge in [0.1, 0.15) is 5.69 Å². The normalized spacial score (nSPS) is 10.7. The first-order chi connectivity index (χ1) is 8.90. The predicted octanol–water partition coefficient (Wildman–Crippen LogP) is 0.625. The first kappa shape index (κ1) is 14.9. The van der Waals surface area contributed by atoms with Crippen LogP contribution < -0.4 is 16.0 Å². The molecule has 0 aliphatic carbocycles. The smallest absolute Gasteiger partial charge is 0.269 e. The number of carbonyl (C=O) groups excluding carboxylic acids is 2. The molecule has 0 saturated heterocycles. The highest BCUT2D eigenvalue weighted by Gasteiger charge is 2.26. The fourth-order valence-electron chi connectivity index (χ4n) is 1.53. The Kier molecular flexibility index (Phi) is 4.86. The van der Waals surface area contributed by atoms with Crippen molar-refractivity contribution in [2.24, 2.45) is 5.41 Å². The molecule has 1 heterocycles. The number of hydrogen-bond donors (Lipinski definition) is 3. The summed E-state index contributed by atoms with van der Waals surface area (Å²) in [4.78, 5) is 27.1. The van der Waals surface area contributed by atoms with Gasteiger partial charge < -0.3 is 16.0 Å². The number of amides is 2. The summed E-state index contributed by atoms with van der Waals surface area (Å²) < 4.78 is 0. The summed E-state index contributed by atoms with van der Waals surface area (Å²) in [6, 6.07) is 3.41. The summed E-state index contributed by atoms with van der Waals surface area (Å²) in [5.74, 6) is -0.283. The van der Waals surface area contributed by atoms with Crippen LogP contribution in [-0.4, -0.2) is 37.4 Å². The van der Waals surface area contributed by atoms with E-state index in [-0.39, 0.29) is 11.8 Å². The van der Waals surface area contributed by atoms with Crippen LogP contribution in [0.3, 0.4) is 0 Å². The molecule has 6 nitrogen and oxygen atoms in total. The van der Waals surface area contributed by atoms with Crippen LogP contribution in [0.15, 0.2) is 18.3 Å². The zero-order valence-corrected chi connectivity index (χ0v) is 11.7. The highest BCUT2D eigenvalue weighted by Crippen LogP contribution is 2.17. The van der Waals surface area contributed by atoms with Crippen LogP contribution in [0.25, 0.3) is 0 Å². The number of rotatable bonds is 5. The zero-order valence-electron chi connectivity index (χ0n) is 11.7. The minimum Gasteiger partial charge on any atom is -0.384 e. The topological polar surface area (TPSA) is 83.1 Å². The molecule has 0 spiro atoms. The zero-order chi connectivity index (χ0) is 14.5. The number of nitrogens with one attached hydrogen (secondary N) is 3. The van der Waals surface area contributed by atoms with Gasteiger partial charge in [0.2, 0.25) is 5.91 Å². The molecule has 3 N–H and O–H groups in total. The van der Waals surface area contributed by atoms with Crippen LogP contribution in [0.4, 0.5) is 5.69 Å². The third kappa shape index (κ3) is 3.94. The molecular formula is C13H20N4O2. The fourth-order valence-corrected chi connectivity index (χ4v) is 1.53. The van der Waals surface area contributed by atoms with E-state index in [2.05, 4.69) is 20.9 Å². The van der Waals surface area contributed by atoms with E-state index in [1.54, 1.807) is 32.4 Å². The van der Waals surface area contributed by atoms with Crippen LogP contribution >= 0.6 is 0 Å². The van der Waals surface area contributed by atoms with E-state index in [0.29, 0.717) is 12.2 Å². The summed E-state index contributed by atoms with van der Waals surface area (Å²) in [5.41, 5.74) is 0.557. The number of hydrogen-bond acceptors (Lipinski definition) is 4. The maximum absolute atomic E-state index is 11.6. The second-order valence-electron chi connectivity index (χ2n) is 4.83. The minimum atomic E-state index is -0.537. The van der Waals surface area contributed by atoms with E-state index in [1.165, 1.54) is 0 Å². The van der Waals surface area contributed by atoms with E-state index in [9.17, 15) is 9.59 Å². The van der Waals surface area contributed by atoms with Gasteiger partial charge in [0.05, 0.1) is 5.41 Å². The van der Waals surface area contributed by atoms with Crippen LogP contribution in [0, 0.1) is 5.41 Å². The Balaban J connectivity index is 2.73. The lowest BCUT2D eigenvalue weighted by atomic mass is 9.92. The van der Waals surface area contributed by atoms with Gasteiger partial charge in [-0.3, -0.25) is 14.6 Å². The van der Waals surface area contributed by atoms with Gasteiger partial charge in [-0.2, -0.15) is 0 Å². The molecule has 0 aliphatic rings. The van der Waals surface area contributed by atoms with E-state index in [0.717, 1.165) is 5.69 Å². The molecule has 104 valence electrons. The van der Waals surface area contributed by atoms with Crippen molar-refractivity contribution in [3.05, 3.63) is 24.0 Å². The number of aromatic nitrogens is 1. The molecule has 19 heavy (non-hydrogen) atoms. The number of pyridine rings is 1. The maximum Gasteiger partial charge on any atom is 0.269 e. The van der Waals surface area contributed by atoms with Crippen molar-refractivity contribution in [2.75, 3.05) is 26.0 Å². The Morgan fingerprint density at radius 3 is 2.53 bits per heavy atom. The molecule has 1 rings (SSSR count). The molecular weight excluding hydrogens is 244 g/mol.